The summed E-state index contributed by atoms with van der Waals surface area (Å²) in [6.07, 6.45) is 3.49. The fourth-order valence-electron chi connectivity index (χ4n) is 4.57. The van der Waals surface area contributed by atoms with E-state index in [-0.39, 0.29) is 11.6 Å². The second kappa shape index (κ2) is 8.08. The lowest BCUT2D eigenvalue weighted by atomic mass is 9.75. The van der Waals surface area contributed by atoms with Crippen LogP contribution in [0.2, 0.25) is 0 Å². The summed E-state index contributed by atoms with van der Waals surface area (Å²) in [5.74, 6) is 0. The Balaban J connectivity index is 2.00. The maximum absolute atomic E-state index is 6.51. The maximum atomic E-state index is 6.51. The van der Waals surface area contributed by atoms with E-state index >= 15 is 0 Å². The average Bonchev–Trinajstić information content (AvgIpc) is 2.96. The van der Waals surface area contributed by atoms with E-state index in [1.165, 1.54) is 29.5 Å². The second-order valence-corrected chi connectivity index (χ2v) is 7.51. The lowest BCUT2D eigenvalue weighted by molar-refractivity contribution is 0.156. The van der Waals surface area contributed by atoms with Crippen molar-refractivity contribution in [2.75, 3.05) is 13.1 Å². The van der Waals surface area contributed by atoms with Crippen molar-refractivity contribution in [3.63, 3.8) is 0 Å². The quantitative estimate of drug-likeness (QED) is 0.681. The SMILES string of the molecule is N[C@H]1CCCCN(C(c2ccccc2)(c2ccccc2)c2ccccc2)C1. The maximum Gasteiger partial charge on any atom is 0.0973 e. The molecular weight excluding hydrogens is 328 g/mol. The van der Waals surface area contributed by atoms with Crippen LogP contribution in [0.1, 0.15) is 36.0 Å². The Kier molecular flexibility index (Phi) is 5.38. The summed E-state index contributed by atoms with van der Waals surface area (Å²) in [6, 6.07) is 32.9. The molecule has 1 saturated heterocycles. The van der Waals surface area contributed by atoms with Gasteiger partial charge in [0, 0.05) is 12.6 Å². The average molecular weight is 357 g/mol. The summed E-state index contributed by atoms with van der Waals surface area (Å²) < 4.78 is 0. The first-order valence-electron chi connectivity index (χ1n) is 9.99. The van der Waals surface area contributed by atoms with Crippen LogP contribution in [0.25, 0.3) is 0 Å². The summed E-state index contributed by atoms with van der Waals surface area (Å²) in [4.78, 5) is 2.62. The summed E-state index contributed by atoms with van der Waals surface area (Å²) in [5, 5.41) is 0. The van der Waals surface area contributed by atoms with E-state index in [1.807, 2.05) is 0 Å². The molecule has 1 aliphatic rings. The van der Waals surface area contributed by atoms with E-state index in [2.05, 4.69) is 95.9 Å². The Morgan fingerprint density at radius 1 is 0.667 bits per heavy atom. The first-order chi connectivity index (χ1) is 13.3. The summed E-state index contributed by atoms with van der Waals surface area (Å²) >= 11 is 0. The summed E-state index contributed by atoms with van der Waals surface area (Å²) in [5.41, 5.74) is 10.1. The van der Waals surface area contributed by atoms with E-state index in [0.717, 1.165) is 19.5 Å². The molecule has 0 radical (unpaired) electrons. The topological polar surface area (TPSA) is 29.3 Å². The third kappa shape index (κ3) is 3.43. The monoisotopic (exact) mass is 356 g/mol. The third-order valence-electron chi connectivity index (χ3n) is 5.76. The van der Waals surface area contributed by atoms with Crippen LogP contribution < -0.4 is 5.73 Å². The van der Waals surface area contributed by atoms with Gasteiger partial charge in [0.05, 0.1) is 5.54 Å². The molecule has 3 aromatic rings. The van der Waals surface area contributed by atoms with Crippen LogP contribution in [-0.2, 0) is 5.54 Å². The number of rotatable bonds is 4. The van der Waals surface area contributed by atoms with E-state index in [4.69, 9.17) is 5.73 Å². The zero-order valence-corrected chi connectivity index (χ0v) is 15.8. The van der Waals surface area contributed by atoms with Gasteiger partial charge in [-0.25, -0.2) is 0 Å². The van der Waals surface area contributed by atoms with Crippen molar-refractivity contribution < 1.29 is 0 Å². The van der Waals surface area contributed by atoms with Gasteiger partial charge in [0.1, 0.15) is 0 Å². The number of hydrogen-bond acceptors (Lipinski definition) is 2. The minimum absolute atomic E-state index is 0.211. The number of hydrogen-bond donors (Lipinski definition) is 1. The Bertz CT molecular complexity index is 733. The summed E-state index contributed by atoms with van der Waals surface area (Å²) in [6.45, 7) is 1.95. The first-order valence-corrected chi connectivity index (χ1v) is 9.99. The molecule has 0 bridgehead atoms. The highest BCUT2D eigenvalue weighted by Gasteiger charge is 2.42. The fraction of sp³-hybridized carbons (Fsp3) is 0.280. The highest BCUT2D eigenvalue weighted by atomic mass is 15.2. The van der Waals surface area contributed by atoms with Gasteiger partial charge in [0.2, 0.25) is 0 Å². The van der Waals surface area contributed by atoms with Crippen LogP contribution in [0.3, 0.4) is 0 Å². The molecule has 0 aromatic heterocycles. The van der Waals surface area contributed by atoms with Crippen molar-refractivity contribution in [1.82, 2.24) is 4.90 Å². The van der Waals surface area contributed by atoms with Gasteiger partial charge in [-0.1, -0.05) is 97.4 Å². The van der Waals surface area contributed by atoms with Gasteiger partial charge in [-0.3, -0.25) is 4.90 Å². The van der Waals surface area contributed by atoms with Gasteiger partial charge < -0.3 is 5.73 Å². The Morgan fingerprint density at radius 3 is 1.56 bits per heavy atom. The van der Waals surface area contributed by atoms with Crippen molar-refractivity contribution in [2.45, 2.75) is 30.8 Å². The van der Waals surface area contributed by atoms with Crippen LogP contribution in [0, 0.1) is 0 Å². The highest BCUT2D eigenvalue weighted by Crippen LogP contribution is 2.43. The standard InChI is InChI=1S/C25H28N2/c26-24-18-10-11-19-27(20-24)25(21-12-4-1-5-13-21,22-14-6-2-7-15-22)23-16-8-3-9-17-23/h1-9,12-17,24H,10-11,18-20,26H2/t24-/m0/s1. The molecule has 0 spiro atoms. The molecule has 4 rings (SSSR count). The van der Waals surface area contributed by atoms with Gasteiger partial charge in [-0.05, 0) is 36.1 Å². The molecule has 1 atom stereocenters. The van der Waals surface area contributed by atoms with Crippen molar-refractivity contribution >= 4 is 0 Å². The van der Waals surface area contributed by atoms with E-state index in [9.17, 15) is 0 Å². The molecule has 2 nitrogen and oxygen atoms in total. The molecule has 0 aliphatic carbocycles. The Labute approximate surface area is 162 Å². The van der Waals surface area contributed by atoms with Crippen molar-refractivity contribution in [3.8, 4) is 0 Å². The molecule has 2 N–H and O–H groups in total. The number of nitrogens with two attached hydrogens (primary N) is 1. The van der Waals surface area contributed by atoms with Crippen molar-refractivity contribution in [2.24, 2.45) is 5.73 Å². The fourth-order valence-corrected chi connectivity index (χ4v) is 4.57. The molecule has 1 aliphatic heterocycles. The molecule has 0 amide bonds. The molecule has 0 saturated carbocycles. The first kappa shape index (κ1) is 18.0. The minimum atomic E-state index is -0.328. The van der Waals surface area contributed by atoms with Gasteiger partial charge in [-0.2, -0.15) is 0 Å². The normalized spacial score (nSPS) is 18.8. The van der Waals surface area contributed by atoms with E-state index in [0.29, 0.717) is 0 Å². The van der Waals surface area contributed by atoms with Gasteiger partial charge in [0.15, 0.2) is 0 Å². The summed E-state index contributed by atoms with van der Waals surface area (Å²) in [7, 11) is 0. The largest absolute Gasteiger partial charge is 0.327 e. The molecular formula is C25H28N2. The lowest BCUT2D eigenvalue weighted by Gasteiger charge is -2.46. The molecule has 1 fully saturated rings. The Hall–Kier alpha value is -2.42. The Morgan fingerprint density at radius 2 is 1.11 bits per heavy atom. The van der Waals surface area contributed by atoms with Gasteiger partial charge in [0.25, 0.3) is 0 Å². The van der Waals surface area contributed by atoms with Gasteiger partial charge >= 0.3 is 0 Å². The number of likely N-dealkylation sites (tertiary alicyclic amines) is 1. The van der Waals surface area contributed by atoms with E-state index < -0.39 is 0 Å². The zero-order chi connectivity index (χ0) is 18.5. The van der Waals surface area contributed by atoms with Gasteiger partial charge in [-0.15, -0.1) is 0 Å². The van der Waals surface area contributed by atoms with Crippen molar-refractivity contribution in [3.05, 3.63) is 108 Å². The van der Waals surface area contributed by atoms with Crippen LogP contribution in [0.15, 0.2) is 91.0 Å². The van der Waals surface area contributed by atoms with Crippen LogP contribution in [0.5, 0.6) is 0 Å². The minimum Gasteiger partial charge on any atom is -0.327 e. The van der Waals surface area contributed by atoms with Crippen LogP contribution in [-0.4, -0.2) is 24.0 Å². The predicted molar refractivity (Wildman–Crippen MR) is 113 cm³/mol. The smallest absolute Gasteiger partial charge is 0.0973 e. The molecule has 0 unspecified atom stereocenters. The van der Waals surface area contributed by atoms with E-state index in [1.54, 1.807) is 0 Å². The molecule has 138 valence electrons. The molecule has 2 heteroatoms. The highest BCUT2D eigenvalue weighted by molar-refractivity contribution is 5.49. The number of nitrogens with zero attached hydrogens (tertiary/aromatic N) is 1. The predicted octanol–water partition coefficient (Wildman–Crippen LogP) is 4.79. The lowest BCUT2D eigenvalue weighted by Crippen LogP contribution is -2.51. The third-order valence-corrected chi connectivity index (χ3v) is 5.76. The second-order valence-electron chi connectivity index (χ2n) is 7.51. The molecule has 27 heavy (non-hydrogen) atoms. The van der Waals surface area contributed by atoms with Crippen LogP contribution in [0.4, 0.5) is 0 Å². The molecule has 3 aromatic carbocycles. The van der Waals surface area contributed by atoms with Crippen LogP contribution >= 0.6 is 0 Å². The number of benzene rings is 3. The van der Waals surface area contributed by atoms with Crippen molar-refractivity contribution in [1.29, 1.82) is 0 Å². The zero-order valence-electron chi connectivity index (χ0n) is 15.8. The molecule has 1 heterocycles.